The largest absolute Gasteiger partial charge is 0.497 e. The van der Waals surface area contributed by atoms with E-state index in [0.29, 0.717) is 23.3 Å². The van der Waals surface area contributed by atoms with Crippen LogP contribution in [0.25, 0.3) is 0 Å². The molecule has 0 aliphatic heterocycles. The maximum absolute atomic E-state index is 12.7. The van der Waals surface area contributed by atoms with Gasteiger partial charge in [0.15, 0.2) is 0 Å². The highest BCUT2D eigenvalue weighted by atomic mass is 19.4. The maximum Gasteiger partial charge on any atom is 0.413 e. The Hall–Kier alpha value is -1.19. The Balaban J connectivity index is 3.17. The Morgan fingerprint density at radius 1 is 1.31 bits per heavy atom. The van der Waals surface area contributed by atoms with Crippen molar-refractivity contribution in [2.24, 2.45) is 0 Å². The van der Waals surface area contributed by atoms with Crippen molar-refractivity contribution >= 4 is 0 Å². The van der Waals surface area contributed by atoms with E-state index >= 15 is 0 Å². The molecule has 0 unspecified atom stereocenters. The molecule has 0 saturated carbocycles. The van der Waals surface area contributed by atoms with Crippen molar-refractivity contribution in [3.05, 3.63) is 34.6 Å². The molecule has 1 nitrogen and oxygen atoms in total. The van der Waals surface area contributed by atoms with Crippen LogP contribution in [0.5, 0.6) is 0 Å². The average Bonchev–Trinajstić information content (AvgIpc) is 2.36. The third-order valence-electron chi connectivity index (χ3n) is 2.54. The summed E-state index contributed by atoms with van der Waals surface area (Å²) >= 11 is 0. The van der Waals surface area contributed by atoms with Gasteiger partial charge in [0, 0.05) is 12.0 Å². The van der Waals surface area contributed by atoms with Crippen LogP contribution in [0, 0.1) is 0 Å². The highest BCUT2D eigenvalue weighted by Crippen LogP contribution is 2.35. The summed E-state index contributed by atoms with van der Waals surface area (Å²) < 4.78 is 43.1. The Labute approximate surface area is 93.3 Å². The number of rotatable bonds is 2. The Morgan fingerprint density at radius 3 is 2.38 bits per heavy atom. The van der Waals surface area contributed by atoms with Gasteiger partial charge >= 0.3 is 6.18 Å². The Morgan fingerprint density at radius 2 is 1.94 bits per heavy atom. The van der Waals surface area contributed by atoms with Gasteiger partial charge in [0.25, 0.3) is 0 Å². The molecule has 0 aromatic rings. The smallest absolute Gasteiger partial charge is 0.413 e. The lowest BCUT2D eigenvalue weighted by Gasteiger charge is -2.11. The molecule has 0 bridgehead atoms. The Kier molecular flexibility index (Phi) is 3.83. The molecule has 0 N–H and O–H groups in total. The van der Waals surface area contributed by atoms with Gasteiger partial charge in [0.05, 0.1) is 7.11 Å². The van der Waals surface area contributed by atoms with E-state index in [2.05, 4.69) is 0 Å². The van der Waals surface area contributed by atoms with Crippen molar-refractivity contribution in [3.63, 3.8) is 0 Å². The summed E-state index contributed by atoms with van der Waals surface area (Å²) in [4.78, 5) is 0. The first-order chi connectivity index (χ1) is 7.38. The molecule has 0 radical (unpaired) electrons. The summed E-state index contributed by atoms with van der Waals surface area (Å²) in [5.74, 6) is 0.535. The second-order valence-corrected chi connectivity index (χ2v) is 3.77. The molecule has 0 saturated heterocycles. The fourth-order valence-electron chi connectivity index (χ4n) is 1.60. The highest BCUT2D eigenvalue weighted by molar-refractivity contribution is 5.39. The Bertz CT molecular complexity index is 359. The summed E-state index contributed by atoms with van der Waals surface area (Å²) in [6, 6.07) is 0. The molecule has 1 aliphatic carbocycles. The number of methoxy groups -OCH3 is 1. The fraction of sp³-hybridized carbons (Fsp3) is 0.500. The van der Waals surface area contributed by atoms with Crippen molar-refractivity contribution in [2.75, 3.05) is 7.11 Å². The highest BCUT2D eigenvalue weighted by Gasteiger charge is 2.34. The first kappa shape index (κ1) is 12.9. The van der Waals surface area contributed by atoms with Gasteiger partial charge in [-0.3, -0.25) is 0 Å². The molecule has 4 heteroatoms. The number of halogens is 3. The quantitative estimate of drug-likeness (QED) is 0.695. The topological polar surface area (TPSA) is 9.23 Å². The number of hydrogen-bond donors (Lipinski definition) is 0. The lowest BCUT2D eigenvalue weighted by atomic mass is 10.1. The predicted molar refractivity (Wildman–Crippen MR) is 56.8 cm³/mol. The van der Waals surface area contributed by atoms with E-state index in [-0.39, 0.29) is 6.42 Å². The van der Waals surface area contributed by atoms with E-state index in [4.69, 9.17) is 4.74 Å². The van der Waals surface area contributed by atoms with Gasteiger partial charge in [-0.1, -0.05) is 13.0 Å². The normalized spacial score (nSPS) is 17.9. The van der Waals surface area contributed by atoms with Crippen LogP contribution < -0.4 is 0 Å². The van der Waals surface area contributed by atoms with E-state index in [1.807, 2.05) is 6.92 Å². The van der Waals surface area contributed by atoms with Gasteiger partial charge in [-0.05, 0) is 30.6 Å². The van der Waals surface area contributed by atoms with E-state index in [9.17, 15) is 13.2 Å². The van der Waals surface area contributed by atoms with Crippen LogP contribution in [0.3, 0.4) is 0 Å². The summed E-state index contributed by atoms with van der Waals surface area (Å²) in [5.41, 5.74) is 0.737. The van der Waals surface area contributed by atoms with Crippen LogP contribution in [-0.2, 0) is 4.74 Å². The van der Waals surface area contributed by atoms with E-state index in [1.165, 1.54) is 13.2 Å². The van der Waals surface area contributed by atoms with Gasteiger partial charge in [0.2, 0.25) is 0 Å². The molecule has 1 rings (SSSR count). The first-order valence-electron chi connectivity index (χ1n) is 5.10. The molecular formula is C12H15F3O. The van der Waals surface area contributed by atoms with E-state index in [1.54, 1.807) is 13.0 Å². The first-order valence-corrected chi connectivity index (χ1v) is 5.10. The second-order valence-electron chi connectivity index (χ2n) is 3.77. The second kappa shape index (κ2) is 4.76. The zero-order valence-electron chi connectivity index (χ0n) is 9.61. The summed E-state index contributed by atoms with van der Waals surface area (Å²) in [6.07, 6.45) is -0.922. The molecule has 0 fully saturated rings. The van der Waals surface area contributed by atoms with Crippen LogP contribution >= 0.6 is 0 Å². The minimum atomic E-state index is -4.27. The zero-order valence-corrected chi connectivity index (χ0v) is 9.61. The van der Waals surface area contributed by atoms with Crippen molar-refractivity contribution in [2.45, 2.75) is 32.9 Å². The molecule has 0 heterocycles. The minimum Gasteiger partial charge on any atom is -0.497 e. The molecule has 0 aromatic carbocycles. The summed E-state index contributed by atoms with van der Waals surface area (Å²) in [5, 5.41) is 0. The third-order valence-corrected chi connectivity index (χ3v) is 2.54. The van der Waals surface area contributed by atoms with Crippen molar-refractivity contribution in [1.29, 1.82) is 0 Å². The standard InChI is InChI=1S/C12H15F3O/c1-4-9-6-10(12(13,14)15)5-8(2)11(7-9)16-3/h6-7H,4-5H2,1-3H3. The monoisotopic (exact) mass is 232 g/mol. The number of hydrogen-bond acceptors (Lipinski definition) is 1. The SMILES string of the molecule is CCC1=CC(OC)=C(C)CC(C(F)(F)F)=C1. The van der Waals surface area contributed by atoms with E-state index < -0.39 is 11.7 Å². The van der Waals surface area contributed by atoms with Crippen LogP contribution in [0.1, 0.15) is 26.7 Å². The van der Waals surface area contributed by atoms with Crippen LogP contribution in [0.4, 0.5) is 13.2 Å². The summed E-state index contributed by atoms with van der Waals surface area (Å²) in [6.45, 7) is 3.48. The molecule has 1 aliphatic rings. The van der Waals surface area contributed by atoms with Crippen molar-refractivity contribution in [3.8, 4) is 0 Å². The fourth-order valence-corrected chi connectivity index (χ4v) is 1.60. The zero-order chi connectivity index (χ0) is 12.3. The summed E-state index contributed by atoms with van der Waals surface area (Å²) in [7, 11) is 1.47. The van der Waals surface area contributed by atoms with Crippen LogP contribution in [0.2, 0.25) is 0 Å². The molecule has 0 amide bonds. The van der Waals surface area contributed by atoms with Crippen molar-refractivity contribution < 1.29 is 17.9 Å². The third kappa shape index (κ3) is 2.90. The van der Waals surface area contributed by atoms with Gasteiger partial charge in [0.1, 0.15) is 5.76 Å². The molecule has 0 atom stereocenters. The van der Waals surface area contributed by atoms with Gasteiger partial charge < -0.3 is 4.74 Å². The molecule has 16 heavy (non-hydrogen) atoms. The van der Waals surface area contributed by atoms with Gasteiger partial charge in [-0.15, -0.1) is 0 Å². The lowest BCUT2D eigenvalue weighted by molar-refractivity contribution is -0.0932. The van der Waals surface area contributed by atoms with Crippen LogP contribution in [-0.4, -0.2) is 13.3 Å². The van der Waals surface area contributed by atoms with Gasteiger partial charge in [-0.25, -0.2) is 0 Å². The number of allylic oxidation sites excluding steroid dienone is 5. The molecular weight excluding hydrogens is 217 g/mol. The lowest BCUT2D eigenvalue weighted by Crippen LogP contribution is -2.12. The molecule has 0 aromatic heterocycles. The minimum absolute atomic E-state index is 0.104. The van der Waals surface area contributed by atoms with E-state index in [0.717, 1.165) is 0 Å². The van der Waals surface area contributed by atoms with Crippen LogP contribution in [0.15, 0.2) is 34.6 Å². The number of ether oxygens (including phenoxy) is 1. The number of alkyl halides is 3. The predicted octanol–water partition coefficient (Wildman–Crippen LogP) is 4.14. The maximum atomic E-state index is 12.7. The average molecular weight is 232 g/mol. The molecule has 0 spiro atoms. The van der Waals surface area contributed by atoms with Gasteiger partial charge in [-0.2, -0.15) is 13.2 Å². The molecule has 90 valence electrons. The van der Waals surface area contributed by atoms with Crippen molar-refractivity contribution in [1.82, 2.24) is 0 Å².